The van der Waals surface area contributed by atoms with Gasteiger partial charge in [0.1, 0.15) is 0 Å². The third-order valence-electron chi connectivity index (χ3n) is 3.59. The minimum absolute atomic E-state index is 0.214. The molecule has 1 aliphatic rings. The number of aliphatic imine (C=N–C) groups is 1. The molecule has 20 heavy (non-hydrogen) atoms. The predicted octanol–water partition coefficient (Wildman–Crippen LogP) is 3.86. The van der Waals surface area contributed by atoms with Crippen LogP contribution in [-0.2, 0) is 14.8 Å². The number of alkyl halides is 1. The summed E-state index contributed by atoms with van der Waals surface area (Å²) in [5.41, 5.74) is 9.54. The molecule has 1 unspecified atom stereocenters. The van der Waals surface area contributed by atoms with Crippen molar-refractivity contribution in [3.05, 3.63) is 65.2 Å². The molecule has 0 amide bonds. The first-order chi connectivity index (χ1) is 9.63. The fourth-order valence-corrected chi connectivity index (χ4v) is 3.00. The highest BCUT2D eigenvalue weighted by Gasteiger charge is 2.37. The largest absolute Gasteiger partial charge is 0.449 e. The number of amidine groups is 1. The van der Waals surface area contributed by atoms with Crippen molar-refractivity contribution in [3.8, 4) is 0 Å². The van der Waals surface area contributed by atoms with Gasteiger partial charge in [-0.3, -0.25) is 0 Å². The minimum atomic E-state index is -0.593. The van der Waals surface area contributed by atoms with E-state index in [1.165, 1.54) is 5.56 Å². The Morgan fingerprint density at radius 2 is 1.95 bits per heavy atom. The fraction of sp³-hybridized carbons (Fsp3) is 0.188. The highest BCUT2D eigenvalue weighted by atomic mass is 127. The Hall–Kier alpha value is -1.56. The Balaban J connectivity index is 2.22. The first-order valence-corrected chi connectivity index (χ1v) is 7.94. The van der Waals surface area contributed by atoms with Crippen LogP contribution in [-0.4, -0.2) is 6.02 Å². The lowest BCUT2D eigenvalue weighted by Crippen LogP contribution is -2.36. The molecular weight excluding hydrogens is 363 g/mol. The lowest BCUT2D eigenvalue weighted by Gasteiger charge is -2.35. The van der Waals surface area contributed by atoms with Gasteiger partial charge in [0, 0.05) is 9.99 Å². The molecule has 1 atom stereocenters. The molecular formula is C16H15IN2O. The van der Waals surface area contributed by atoms with Gasteiger partial charge in [-0.05, 0) is 30.2 Å². The van der Waals surface area contributed by atoms with Crippen molar-refractivity contribution in [2.24, 2.45) is 10.7 Å². The Kier molecular flexibility index (Phi) is 3.41. The molecule has 0 aliphatic carbocycles. The van der Waals surface area contributed by atoms with Gasteiger partial charge in [0.2, 0.25) is 0 Å². The molecule has 2 aromatic carbocycles. The molecule has 1 heterocycles. The third-order valence-corrected chi connectivity index (χ3v) is 4.47. The molecule has 3 nitrogen and oxygen atoms in total. The Labute approximate surface area is 132 Å². The highest BCUT2D eigenvalue weighted by Crippen LogP contribution is 2.42. The van der Waals surface area contributed by atoms with Gasteiger partial charge in [-0.1, -0.05) is 59.0 Å². The van der Waals surface area contributed by atoms with E-state index in [0.717, 1.165) is 21.2 Å². The zero-order chi connectivity index (χ0) is 14.2. The van der Waals surface area contributed by atoms with Gasteiger partial charge in [-0.25, -0.2) is 0 Å². The smallest absolute Gasteiger partial charge is 0.288 e. The van der Waals surface area contributed by atoms with Crippen LogP contribution in [0.4, 0.5) is 5.69 Å². The summed E-state index contributed by atoms with van der Waals surface area (Å²) in [6.45, 7) is 2.04. The van der Waals surface area contributed by atoms with Gasteiger partial charge in [0.25, 0.3) is 6.02 Å². The maximum Gasteiger partial charge on any atom is 0.288 e. The van der Waals surface area contributed by atoms with E-state index in [-0.39, 0.29) is 6.02 Å². The van der Waals surface area contributed by atoms with Crippen LogP contribution in [0.3, 0.4) is 0 Å². The number of nitrogens with two attached hydrogens (primary N) is 1. The lowest BCUT2D eigenvalue weighted by atomic mass is 9.85. The quantitative estimate of drug-likeness (QED) is 0.637. The second-order valence-electron chi connectivity index (χ2n) is 4.94. The van der Waals surface area contributed by atoms with Crippen molar-refractivity contribution < 1.29 is 4.74 Å². The van der Waals surface area contributed by atoms with E-state index in [4.69, 9.17) is 10.5 Å². The van der Waals surface area contributed by atoms with Crippen molar-refractivity contribution >= 4 is 34.3 Å². The van der Waals surface area contributed by atoms with Gasteiger partial charge in [-0.2, -0.15) is 4.99 Å². The van der Waals surface area contributed by atoms with E-state index in [2.05, 4.69) is 51.8 Å². The fourth-order valence-electron chi connectivity index (χ4n) is 2.52. The number of benzene rings is 2. The normalized spacial score (nSPS) is 20.8. The van der Waals surface area contributed by atoms with Gasteiger partial charge < -0.3 is 10.5 Å². The number of halogens is 1. The van der Waals surface area contributed by atoms with Gasteiger partial charge in [-0.15, -0.1) is 0 Å². The maximum atomic E-state index is 5.91. The van der Waals surface area contributed by atoms with Crippen LogP contribution < -0.4 is 5.73 Å². The lowest BCUT2D eigenvalue weighted by molar-refractivity contribution is 0.111. The summed E-state index contributed by atoms with van der Waals surface area (Å²) in [5.74, 6) is 0. The molecule has 102 valence electrons. The highest BCUT2D eigenvalue weighted by molar-refractivity contribution is 14.1. The second-order valence-corrected chi connectivity index (χ2v) is 5.70. The molecule has 0 fully saturated rings. The summed E-state index contributed by atoms with van der Waals surface area (Å²) in [4.78, 5) is 4.31. The molecule has 2 aromatic rings. The average molecular weight is 378 g/mol. The Morgan fingerprint density at radius 3 is 2.65 bits per heavy atom. The molecule has 0 saturated carbocycles. The first-order valence-electron chi connectivity index (χ1n) is 6.41. The summed E-state index contributed by atoms with van der Waals surface area (Å²) >= 11 is 2.36. The summed E-state index contributed by atoms with van der Waals surface area (Å²) in [6, 6.07) is 16.6. The van der Waals surface area contributed by atoms with Crippen LogP contribution in [0.1, 0.15) is 23.6 Å². The zero-order valence-corrected chi connectivity index (χ0v) is 13.3. The Morgan fingerprint density at radius 1 is 1.20 bits per heavy atom. The number of nitrogens with zero attached hydrogens (tertiary/aromatic N) is 1. The number of fused-ring (bicyclic) bond motifs is 1. The molecule has 3 rings (SSSR count). The van der Waals surface area contributed by atoms with E-state index in [1.807, 2.05) is 31.2 Å². The first kappa shape index (κ1) is 13.4. The van der Waals surface area contributed by atoms with E-state index >= 15 is 0 Å². The predicted molar refractivity (Wildman–Crippen MR) is 89.4 cm³/mol. The van der Waals surface area contributed by atoms with Crippen LogP contribution in [0.25, 0.3) is 0 Å². The summed E-state index contributed by atoms with van der Waals surface area (Å²) < 4.78 is 6.86. The third kappa shape index (κ3) is 2.18. The molecule has 2 N–H and O–H groups in total. The zero-order valence-electron chi connectivity index (χ0n) is 11.1. The molecule has 0 radical (unpaired) electrons. The summed E-state index contributed by atoms with van der Waals surface area (Å²) in [7, 11) is 0. The number of hydrogen-bond acceptors (Lipinski definition) is 3. The monoisotopic (exact) mass is 378 g/mol. The SMILES string of the molecule is CC1(c2ccccc2)OC(N)=Nc2ccc(CI)cc21. The molecule has 0 saturated heterocycles. The molecule has 4 heteroatoms. The maximum absolute atomic E-state index is 5.91. The summed E-state index contributed by atoms with van der Waals surface area (Å²) in [6.07, 6.45) is 0. The molecule has 1 aliphatic heterocycles. The van der Waals surface area contributed by atoms with Crippen LogP contribution in [0.2, 0.25) is 0 Å². The van der Waals surface area contributed by atoms with E-state index in [9.17, 15) is 0 Å². The van der Waals surface area contributed by atoms with Gasteiger partial charge >= 0.3 is 0 Å². The second kappa shape index (κ2) is 5.09. The van der Waals surface area contributed by atoms with E-state index in [1.54, 1.807) is 0 Å². The molecule has 0 spiro atoms. The van der Waals surface area contributed by atoms with E-state index in [0.29, 0.717) is 0 Å². The van der Waals surface area contributed by atoms with Crippen molar-refractivity contribution in [1.82, 2.24) is 0 Å². The number of hydrogen-bond donors (Lipinski definition) is 1. The van der Waals surface area contributed by atoms with Crippen molar-refractivity contribution in [1.29, 1.82) is 0 Å². The van der Waals surface area contributed by atoms with Crippen LogP contribution in [0.5, 0.6) is 0 Å². The van der Waals surface area contributed by atoms with Crippen molar-refractivity contribution in [2.75, 3.05) is 0 Å². The number of ether oxygens (including phenoxy) is 1. The molecule has 0 aromatic heterocycles. The van der Waals surface area contributed by atoms with Gasteiger partial charge in [0.05, 0.1) is 5.69 Å². The topological polar surface area (TPSA) is 47.6 Å². The van der Waals surface area contributed by atoms with Crippen molar-refractivity contribution in [2.45, 2.75) is 17.0 Å². The summed E-state index contributed by atoms with van der Waals surface area (Å²) in [5, 5.41) is 0. The standard InChI is InChI=1S/C16H15IN2O/c1-16(12-5-3-2-4-6-12)13-9-11(10-17)7-8-14(13)19-15(18)20-16/h2-9H,10H2,1H3,(H2,18,19). The van der Waals surface area contributed by atoms with Crippen LogP contribution in [0.15, 0.2) is 53.5 Å². The van der Waals surface area contributed by atoms with Crippen LogP contribution in [0, 0.1) is 0 Å². The number of rotatable bonds is 2. The Bertz CT molecular complexity index is 669. The van der Waals surface area contributed by atoms with Crippen LogP contribution >= 0.6 is 22.6 Å². The molecule has 0 bridgehead atoms. The minimum Gasteiger partial charge on any atom is -0.449 e. The average Bonchev–Trinajstić information content (AvgIpc) is 2.48. The van der Waals surface area contributed by atoms with E-state index < -0.39 is 5.60 Å². The van der Waals surface area contributed by atoms with Gasteiger partial charge in [0.15, 0.2) is 5.60 Å². The van der Waals surface area contributed by atoms with Crippen molar-refractivity contribution in [3.63, 3.8) is 0 Å².